The third kappa shape index (κ3) is 2.44. The molecule has 0 aliphatic carbocycles. The summed E-state index contributed by atoms with van der Waals surface area (Å²) in [5.74, 6) is -0.0659. The van der Waals surface area contributed by atoms with E-state index in [0.717, 1.165) is 0 Å². The van der Waals surface area contributed by atoms with E-state index in [4.69, 9.17) is 22.1 Å². The maximum absolute atomic E-state index is 12.6. The average Bonchev–Trinajstić information content (AvgIpc) is 2.28. The Bertz CT molecular complexity index is 474. The zero-order valence-electron chi connectivity index (χ0n) is 8.04. The van der Waals surface area contributed by atoms with Gasteiger partial charge in [0.2, 0.25) is 0 Å². The molecule has 0 spiro atoms. The lowest BCUT2D eigenvalue weighted by Crippen LogP contribution is -2.03. The molecule has 0 saturated heterocycles. The molecule has 1 aromatic rings. The van der Waals surface area contributed by atoms with Gasteiger partial charge in [0.05, 0.1) is 23.7 Å². The molecule has 0 bridgehead atoms. The first-order valence-electron chi connectivity index (χ1n) is 4.27. The SMILES string of the molecule is N#CCc1cc(CCl)c(C#N)c(C(F)F)n1. The first-order chi connectivity index (χ1) is 7.63. The minimum Gasteiger partial charge on any atom is -0.249 e. The lowest BCUT2D eigenvalue weighted by atomic mass is 10.1. The first kappa shape index (κ1) is 12.4. The number of aromatic nitrogens is 1. The van der Waals surface area contributed by atoms with E-state index in [9.17, 15) is 8.78 Å². The van der Waals surface area contributed by atoms with E-state index in [1.165, 1.54) is 6.07 Å². The van der Waals surface area contributed by atoms with Gasteiger partial charge in [0, 0.05) is 5.88 Å². The molecular weight excluding hydrogens is 236 g/mol. The number of hydrogen-bond donors (Lipinski definition) is 0. The van der Waals surface area contributed by atoms with E-state index in [1.54, 1.807) is 12.1 Å². The number of nitriles is 2. The van der Waals surface area contributed by atoms with Gasteiger partial charge < -0.3 is 0 Å². The third-order valence-electron chi connectivity index (χ3n) is 1.90. The van der Waals surface area contributed by atoms with Gasteiger partial charge in [0.25, 0.3) is 6.43 Å². The molecule has 1 rings (SSSR count). The van der Waals surface area contributed by atoms with E-state index in [2.05, 4.69) is 4.98 Å². The monoisotopic (exact) mass is 241 g/mol. The van der Waals surface area contributed by atoms with Crippen molar-refractivity contribution in [1.29, 1.82) is 10.5 Å². The smallest absolute Gasteiger partial charge is 0.249 e. The molecule has 16 heavy (non-hydrogen) atoms. The molecule has 0 saturated carbocycles. The third-order valence-corrected chi connectivity index (χ3v) is 2.19. The van der Waals surface area contributed by atoms with Crippen molar-refractivity contribution < 1.29 is 8.78 Å². The summed E-state index contributed by atoms with van der Waals surface area (Å²) in [5, 5.41) is 17.2. The molecule has 0 N–H and O–H groups in total. The predicted molar refractivity (Wildman–Crippen MR) is 52.8 cm³/mol. The number of rotatable bonds is 3. The summed E-state index contributed by atoms with van der Waals surface area (Å²) < 4.78 is 25.2. The van der Waals surface area contributed by atoms with Crippen molar-refractivity contribution in [2.45, 2.75) is 18.7 Å². The van der Waals surface area contributed by atoms with Crippen LogP contribution in [0.2, 0.25) is 0 Å². The lowest BCUT2D eigenvalue weighted by Gasteiger charge is -2.08. The quantitative estimate of drug-likeness (QED) is 0.765. The van der Waals surface area contributed by atoms with Crippen LogP contribution in [-0.4, -0.2) is 4.98 Å². The highest BCUT2D eigenvalue weighted by atomic mass is 35.5. The Morgan fingerprint density at radius 1 is 1.44 bits per heavy atom. The molecule has 1 heterocycles. The fourth-order valence-corrected chi connectivity index (χ4v) is 1.46. The largest absolute Gasteiger partial charge is 0.281 e. The summed E-state index contributed by atoms with van der Waals surface area (Å²) in [5.41, 5.74) is -0.329. The fourth-order valence-electron chi connectivity index (χ4n) is 1.24. The summed E-state index contributed by atoms with van der Waals surface area (Å²) in [7, 11) is 0. The van der Waals surface area contributed by atoms with Crippen molar-refractivity contribution >= 4 is 11.6 Å². The van der Waals surface area contributed by atoms with Gasteiger partial charge >= 0.3 is 0 Å². The number of alkyl halides is 3. The highest BCUT2D eigenvalue weighted by molar-refractivity contribution is 6.17. The Hall–Kier alpha value is -1.72. The second-order valence-electron chi connectivity index (χ2n) is 2.91. The summed E-state index contributed by atoms with van der Waals surface area (Å²) in [6, 6.07) is 4.86. The topological polar surface area (TPSA) is 60.5 Å². The first-order valence-corrected chi connectivity index (χ1v) is 4.81. The molecule has 3 nitrogen and oxygen atoms in total. The Kier molecular flexibility index (Phi) is 4.16. The van der Waals surface area contributed by atoms with E-state index in [1.807, 2.05) is 0 Å². The van der Waals surface area contributed by atoms with Gasteiger partial charge in [-0.1, -0.05) is 0 Å². The van der Waals surface area contributed by atoms with Crippen LogP contribution in [0, 0.1) is 22.7 Å². The highest BCUT2D eigenvalue weighted by Gasteiger charge is 2.19. The van der Waals surface area contributed by atoms with Crippen LogP contribution >= 0.6 is 11.6 Å². The summed E-state index contributed by atoms with van der Waals surface area (Å²) in [4.78, 5) is 3.59. The number of halogens is 3. The minimum absolute atomic E-state index is 0.0659. The maximum atomic E-state index is 12.6. The Balaban J connectivity index is 3.40. The average molecular weight is 242 g/mol. The predicted octanol–water partition coefficient (Wildman–Crippen LogP) is 2.70. The number of nitrogens with zero attached hydrogens (tertiary/aromatic N) is 3. The van der Waals surface area contributed by atoms with Crippen molar-refractivity contribution in [2.75, 3.05) is 0 Å². The molecule has 0 unspecified atom stereocenters. The van der Waals surface area contributed by atoms with Crippen LogP contribution in [0.25, 0.3) is 0 Å². The second-order valence-corrected chi connectivity index (χ2v) is 3.18. The van der Waals surface area contributed by atoms with E-state index in [-0.39, 0.29) is 29.1 Å². The zero-order chi connectivity index (χ0) is 12.1. The van der Waals surface area contributed by atoms with Crippen molar-refractivity contribution in [2.24, 2.45) is 0 Å². The molecule has 0 atom stereocenters. The Morgan fingerprint density at radius 3 is 2.56 bits per heavy atom. The molecule has 0 aliphatic rings. The van der Waals surface area contributed by atoms with Crippen LogP contribution in [0.15, 0.2) is 6.07 Å². The van der Waals surface area contributed by atoms with Gasteiger partial charge in [-0.3, -0.25) is 0 Å². The van der Waals surface area contributed by atoms with Crippen LogP contribution in [-0.2, 0) is 12.3 Å². The zero-order valence-corrected chi connectivity index (χ0v) is 8.80. The Labute approximate surface area is 95.9 Å². The molecule has 1 aromatic heterocycles. The van der Waals surface area contributed by atoms with Gasteiger partial charge in [-0.25, -0.2) is 13.8 Å². The molecule has 0 fully saturated rings. The maximum Gasteiger partial charge on any atom is 0.281 e. The van der Waals surface area contributed by atoms with Crippen molar-refractivity contribution in [1.82, 2.24) is 4.98 Å². The fraction of sp³-hybridized carbons (Fsp3) is 0.300. The van der Waals surface area contributed by atoms with Gasteiger partial charge in [-0.15, -0.1) is 11.6 Å². The molecule has 0 radical (unpaired) electrons. The van der Waals surface area contributed by atoms with Crippen LogP contribution in [0.4, 0.5) is 8.78 Å². The van der Waals surface area contributed by atoms with Crippen LogP contribution in [0.1, 0.15) is 28.9 Å². The molecule has 0 aromatic carbocycles. The lowest BCUT2D eigenvalue weighted by molar-refractivity contribution is 0.145. The molecule has 0 amide bonds. The minimum atomic E-state index is -2.85. The highest BCUT2D eigenvalue weighted by Crippen LogP contribution is 2.25. The number of pyridine rings is 1. The Morgan fingerprint density at radius 2 is 2.12 bits per heavy atom. The van der Waals surface area contributed by atoms with E-state index < -0.39 is 12.1 Å². The van der Waals surface area contributed by atoms with Gasteiger partial charge in [-0.2, -0.15) is 10.5 Å². The molecular formula is C10H6ClF2N3. The summed E-state index contributed by atoms with van der Waals surface area (Å²) in [6.07, 6.45) is -2.94. The second kappa shape index (κ2) is 5.39. The molecule has 0 aliphatic heterocycles. The summed E-state index contributed by atoms with van der Waals surface area (Å²) in [6.45, 7) is 0. The summed E-state index contributed by atoms with van der Waals surface area (Å²) >= 11 is 5.55. The van der Waals surface area contributed by atoms with Gasteiger partial charge in [0.15, 0.2) is 0 Å². The molecule has 82 valence electrons. The normalized spacial score (nSPS) is 9.88. The molecule has 6 heteroatoms. The standard InChI is InChI=1S/C10H6ClF2N3/c11-4-6-3-7(1-2-14)16-9(10(12)13)8(6)5-15/h3,10H,1,4H2. The van der Waals surface area contributed by atoms with Crippen LogP contribution in [0.3, 0.4) is 0 Å². The van der Waals surface area contributed by atoms with E-state index in [0.29, 0.717) is 0 Å². The number of hydrogen-bond acceptors (Lipinski definition) is 3. The van der Waals surface area contributed by atoms with Crippen LogP contribution < -0.4 is 0 Å². The van der Waals surface area contributed by atoms with Gasteiger partial charge in [-0.05, 0) is 11.6 Å². The van der Waals surface area contributed by atoms with Gasteiger partial charge in [0.1, 0.15) is 11.8 Å². The van der Waals surface area contributed by atoms with E-state index >= 15 is 0 Å². The van der Waals surface area contributed by atoms with Crippen molar-refractivity contribution in [3.05, 3.63) is 28.6 Å². The van der Waals surface area contributed by atoms with Crippen molar-refractivity contribution in [3.63, 3.8) is 0 Å². The van der Waals surface area contributed by atoms with Crippen LogP contribution in [0.5, 0.6) is 0 Å². The van der Waals surface area contributed by atoms with Crippen molar-refractivity contribution in [3.8, 4) is 12.1 Å².